The highest BCUT2D eigenvalue weighted by Gasteiger charge is 2.21. The molecule has 4 nitrogen and oxygen atoms in total. The molecule has 1 aliphatic rings. The molecule has 0 saturated carbocycles. The fourth-order valence-electron chi connectivity index (χ4n) is 3.86. The maximum Gasteiger partial charge on any atom is 0.227 e. The first kappa shape index (κ1) is 19.4. The van der Waals surface area contributed by atoms with Gasteiger partial charge in [0.25, 0.3) is 0 Å². The molecule has 0 bridgehead atoms. The first-order chi connectivity index (χ1) is 14.2. The van der Waals surface area contributed by atoms with Crippen molar-refractivity contribution >= 4 is 11.8 Å². The van der Waals surface area contributed by atoms with Crippen LogP contribution >= 0.6 is 0 Å². The van der Waals surface area contributed by atoms with Crippen LogP contribution in [0.15, 0.2) is 60.7 Å². The number of hydrogen-bond donors (Lipinski definition) is 1. The van der Waals surface area contributed by atoms with Crippen molar-refractivity contribution < 1.29 is 4.39 Å². The van der Waals surface area contributed by atoms with Gasteiger partial charge in [-0.05, 0) is 55.4 Å². The van der Waals surface area contributed by atoms with Crippen molar-refractivity contribution in [2.24, 2.45) is 5.92 Å². The van der Waals surface area contributed by atoms with Crippen molar-refractivity contribution in [1.82, 2.24) is 9.97 Å². The minimum absolute atomic E-state index is 0.218. The lowest BCUT2D eigenvalue weighted by Gasteiger charge is -2.32. The standard InChI is InChI=1S/C24H27FN4/c1-18-15-23(26-17-21-7-9-22(25)10-8-21)28-24(27-18)29-13-11-20(12-14-29)16-19-5-3-2-4-6-19/h2-10,15,20H,11-14,16-17H2,1H3,(H,26,27,28). The summed E-state index contributed by atoms with van der Waals surface area (Å²) in [7, 11) is 0. The maximum absolute atomic E-state index is 13.1. The summed E-state index contributed by atoms with van der Waals surface area (Å²) in [6, 6.07) is 19.2. The van der Waals surface area contributed by atoms with Crippen molar-refractivity contribution in [2.45, 2.75) is 32.7 Å². The van der Waals surface area contributed by atoms with Crippen LogP contribution in [0.1, 0.15) is 29.7 Å². The van der Waals surface area contributed by atoms with Gasteiger partial charge >= 0.3 is 0 Å². The Bertz CT molecular complexity index is 919. The highest BCUT2D eigenvalue weighted by Crippen LogP contribution is 2.25. The Hall–Kier alpha value is -2.95. The molecule has 0 unspecified atom stereocenters. The van der Waals surface area contributed by atoms with Gasteiger partial charge in [-0.15, -0.1) is 0 Å². The van der Waals surface area contributed by atoms with Crippen LogP contribution in [-0.4, -0.2) is 23.1 Å². The van der Waals surface area contributed by atoms with Crippen molar-refractivity contribution in [2.75, 3.05) is 23.3 Å². The molecule has 2 aromatic carbocycles. The van der Waals surface area contributed by atoms with E-state index in [2.05, 4.69) is 45.5 Å². The van der Waals surface area contributed by atoms with Gasteiger partial charge in [-0.1, -0.05) is 42.5 Å². The molecular weight excluding hydrogens is 363 g/mol. The van der Waals surface area contributed by atoms with Crippen LogP contribution in [0.3, 0.4) is 0 Å². The number of halogens is 1. The molecule has 1 N–H and O–H groups in total. The summed E-state index contributed by atoms with van der Waals surface area (Å²) < 4.78 is 13.1. The number of aryl methyl sites for hydroxylation is 1. The molecule has 1 fully saturated rings. The van der Waals surface area contributed by atoms with Crippen molar-refractivity contribution in [3.8, 4) is 0 Å². The van der Waals surface area contributed by atoms with Gasteiger partial charge in [-0.2, -0.15) is 4.98 Å². The lowest BCUT2D eigenvalue weighted by Crippen LogP contribution is -2.35. The Labute approximate surface area is 171 Å². The van der Waals surface area contributed by atoms with Gasteiger partial charge in [0.05, 0.1) is 0 Å². The monoisotopic (exact) mass is 390 g/mol. The van der Waals surface area contributed by atoms with E-state index in [0.717, 1.165) is 61.3 Å². The molecule has 2 heterocycles. The summed E-state index contributed by atoms with van der Waals surface area (Å²) in [5, 5.41) is 3.34. The zero-order chi connectivity index (χ0) is 20.1. The Morgan fingerprint density at radius 1 is 0.966 bits per heavy atom. The molecule has 0 atom stereocenters. The SMILES string of the molecule is Cc1cc(NCc2ccc(F)cc2)nc(N2CCC(Cc3ccccc3)CC2)n1. The number of anilines is 2. The second kappa shape index (κ2) is 9.03. The fourth-order valence-corrected chi connectivity index (χ4v) is 3.86. The van der Waals surface area contributed by atoms with Crippen molar-refractivity contribution in [3.63, 3.8) is 0 Å². The minimum Gasteiger partial charge on any atom is -0.366 e. The third-order valence-corrected chi connectivity index (χ3v) is 5.49. The van der Waals surface area contributed by atoms with E-state index >= 15 is 0 Å². The number of aromatic nitrogens is 2. The van der Waals surface area contributed by atoms with Gasteiger partial charge in [0.2, 0.25) is 5.95 Å². The van der Waals surface area contributed by atoms with E-state index in [4.69, 9.17) is 4.98 Å². The topological polar surface area (TPSA) is 41.1 Å². The first-order valence-electron chi connectivity index (χ1n) is 10.3. The average molecular weight is 391 g/mol. The number of rotatable bonds is 6. The predicted octanol–water partition coefficient (Wildman–Crippen LogP) is 5.00. The molecule has 1 aliphatic heterocycles. The summed E-state index contributed by atoms with van der Waals surface area (Å²) in [4.78, 5) is 11.7. The van der Waals surface area contributed by atoms with E-state index in [1.165, 1.54) is 17.7 Å². The number of nitrogens with zero attached hydrogens (tertiary/aromatic N) is 3. The van der Waals surface area contributed by atoms with Crippen molar-refractivity contribution in [1.29, 1.82) is 0 Å². The molecule has 29 heavy (non-hydrogen) atoms. The van der Waals surface area contributed by atoms with E-state index in [1.54, 1.807) is 12.1 Å². The molecule has 0 amide bonds. The van der Waals surface area contributed by atoms with Crippen LogP contribution in [0.5, 0.6) is 0 Å². The number of piperidine rings is 1. The molecule has 5 heteroatoms. The summed E-state index contributed by atoms with van der Waals surface area (Å²) in [6.45, 7) is 4.57. The number of nitrogens with one attached hydrogen (secondary N) is 1. The quantitative estimate of drug-likeness (QED) is 0.643. The first-order valence-corrected chi connectivity index (χ1v) is 10.3. The van der Waals surface area contributed by atoms with E-state index < -0.39 is 0 Å². The fraction of sp³-hybridized carbons (Fsp3) is 0.333. The third kappa shape index (κ3) is 5.31. The van der Waals surface area contributed by atoms with Gasteiger partial charge in [0, 0.05) is 31.4 Å². The summed E-state index contributed by atoms with van der Waals surface area (Å²) >= 11 is 0. The number of hydrogen-bond acceptors (Lipinski definition) is 4. The Kier molecular flexibility index (Phi) is 6.03. The molecule has 150 valence electrons. The van der Waals surface area contributed by atoms with Crippen LogP contribution in [-0.2, 0) is 13.0 Å². The molecule has 3 aromatic rings. The maximum atomic E-state index is 13.1. The van der Waals surface area contributed by atoms with Gasteiger partial charge in [0.15, 0.2) is 0 Å². The lowest BCUT2D eigenvalue weighted by molar-refractivity contribution is 0.400. The second-order valence-corrected chi connectivity index (χ2v) is 7.79. The van der Waals surface area contributed by atoms with Crippen molar-refractivity contribution in [3.05, 3.63) is 83.3 Å². The molecule has 0 radical (unpaired) electrons. The van der Waals surface area contributed by atoms with Crippen LogP contribution in [0.4, 0.5) is 16.2 Å². The molecule has 0 spiro atoms. The highest BCUT2D eigenvalue weighted by molar-refractivity contribution is 5.44. The predicted molar refractivity (Wildman–Crippen MR) is 116 cm³/mol. The normalized spacial score (nSPS) is 14.8. The van der Waals surface area contributed by atoms with E-state index in [-0.39, 0.29) is 5.82 Å². The minimum atomic E-state index is -0.218. The van der Waals surface area contributed by atoms with Crippen LogP contribution in [0.2, 0.25) is 0 Å². The molecule has 0 aliphatic carbocycles. The van der Waals surface area contributed by atoms with Gasteiger partial charge in [0.1, 0.15) is 11.6 Å². The van der Waals surface area contributed by atoms with Gasteiger partial charge < -0.3 is 10.2 Å². The van der Waals surface area contributed by atoms with Crippen LogP contribution < -0.4 is 10.2 Å². The lowest BCUT2D eigenvalue weighted by atomic mass is 9.90. The zero-order valence-electron chi connectivity index (χ0n) is 16.8. The molecule has 1 saturated heterocycles. The number of benzene rings is 2. The third-order valence-electron chi connectivity index (χ3n) is 5.49. The zero-order valence-corrected chi connectivity index (χ0v) is 16.8. The second-order valence-electron chi connectivity index (χ2n) is 7.79. The largest absolute Gasteiger partial charge is 0.366 e. The van der Waals surface area contributed by atoms with E-state index in [0.29, 0.717) is 6.54 Å². The Balaban J connectivity index is 1.35. The molecule has 4 rings (SSSR count). The Morgan fingerprint density at radius 2 is 1.69 bits per heavy atom. The average Bonchev–Trinajstić information content (AvgIpc) is 2.74. The van der Waals surface area contributed by atoms with E-state index in [9.17, 15) is 4.39 Å². The van der Waals surface area contributed by atoms with Crippen LogP contribution in [0.25, 0.3) is 0 Å². The summed E-state index contributed by atoms with van der Waals surface area (Å²) in [5.74, 6) is 2.10. The Morgan fingerprint density at radius 3 is 2.41 bits per heavy atom. The smallest absolute Gasteiger partial charge is 0.227 e. The molecule has 1 aromatic heterocycles. The molecular formula is C24H27FN4. The summed E-state index contributed by atoms with van der Waals surface area (Å²) in [6.07, 6.45) is 3.46. The van der Waals surface area contributed by atoms with Gasteiger partial charge in [-0.25, -0.2) is 9.37 Å². The summed E-state index contributed by atoms with van der Waals surface area (Å²) in [5.41, 5.74) is 3.39. The van der Waals surface area contributed by atoms with Crippen LogP contribution in [0, 0.1) is 18.7 Å². The highest BCUT2D eigenvalue weighted by atomic mass is 19.1. The van der Waals surface area contributed by atoms with Gasteiger partial charge in [-0.3, -0.25) is 0 Å². The van der Waals surface area contributed by atoms with E-state index in [1.807, 2.05) is 13.0 Å².